The quantitative estimate of drug-likeness (QED) is 0.293. The van der Waals surface area contributed by atoms with Gasteiger partial charge in [0.1, 0.15) is 0 Å². The fraction of sp³-hybridized carbons (Fsp3) is 0.467. The van der Waals surface area contributed by atoms with E-state index in [1.807, 2.05) is 42.5 Å². The van der Waals surface area contributed by atoms with Crippen LogP contribution in [0.1, 0.15) is 80.0 Å². The number of ether oxygens (including phenoxy) is 1. The average molecular weight is 453 g/mol. The predicted molar refractivity (Wildman–Crippen MR) is 134 cm³/mol. The standard InChI is InChI=1S/C30H38F2O/c1-3-5-7-9-25-14-16-27(17-15-25)28-18-20-29(21-19-28)30(31,32)33-23-22-26-12-10-24(11-13-26)8-6-4-2/h3-5,10-13,18-21,25,27H,2,6-9,14-17,22-23H2,1H3/b5-3+/t25-,27-. The molecule has 0 spiro atoms. The van der Waals surface area contributed by atoms with Crippen molar-refractivity contribution < 1.29 is 13.5 Å². The fourth-order valence-electron chi connectivity index (χ4n) is 4.75. The highest BCUT2D eigenvalue weighted by Crippen LogP contribution is 2.38. The molecule has 0 unspecified atom stereocenters. The Labute approximate surface area is 198 Å². The van der Waals surface area contributed by atoms with Crippen LogP contribution < -0.4 is 0 Å². The lowest BCUT2D eigenvalue weighted by atomic mass is 9.77. The highest BCUT2D eigenvalue weighted by Gasteiger charge is 2.33. The molecule has 0 aromatic heterocycles. The first-order valence-electron chi connectivity index (χ1n) is 12.4. The molecule has 1 nitrogen and oxygen atoms in total. The van der Waals surface area contributed by atoms with Crippen LogP contribution in [0.2, 0.25) is 0 Å². The number of aryl methyl sites for hydroxylation is 1. The maximum Gasteiger partial charge on any atom is 0.383 e. The second kappa shape index (κ2) is 12.8. The van der Waals surface area contributed by atoms with Crippen LogP contribution in [0.25, 0.3) is 0 Å². The predicted octanol–water partition coefficient (Wildman–Crippen LogP) is 8.74. The summed E-state index contributed by atoms with van der Waals surface area (Å²) in [5, 5.41) is 0. The van der Waals surface area contributed by atoms with E-state index in [9.17, 15) is 8.78 Å². The zero-order chi connectivity index (χ0) is 23.5. The number of hydrogen-bond acceptors (Lipinski definition) is 1. The minimum Gasteiger partial charge on any atom is -0.316 e. The van der Waals surface area contributed by atoms with Gasteiger partial charge in [0.2, 0.25) is 0 Å². The van der Waals surface area contributed by atoms with E-state index in [4.69, 9.17) is 4.74 Å². The van der Waals surface area contributed by atoms with Crippen molar-refractivity contribution in [3.05, 3.63) is 95.6 Å². The van der Waals surface area contributed by atoms with E-state index in [1.165, 1.54) is 30.4 Å². The molecule has 0 atom stereocenters. The normalized spacial score (nSPS) is 19.1. The number of alkyl halides is 2. The van der Waals surface area contributed by atoms with Gasteiger partial charge in [0, 0.05) is 0 Å². The number of allylic oxidation sites excluding steroid dienone is 3. The highest BCUT2D eigenvalue weighted by atomic mass is 19.3. The van der Waals surface area contributed by atoms with E-state index in [0.717, 1.165) is 43.6 Å². The largest absolute Gasteiger partial charge is 0.383 e. The van der Waals surface area contributed by atoms with Crippen LogP contribution in [-0.4, -0.2) is 6.61 Å². The van der Waals surface area contributed by atoms with Gasteiger partial charge in [0.25, 0.3) is 0 Å². The topological polar surface area (TPSA) is 9.23 Å². The smallest absolute Gasteiger partial charge is 0.316 e. The molecule has 1 aliphatic rings. The Hall–Kier alpha value is -2.26. The van der Waals surface area contributed by atoms with Crippen molar-refractivity contribution in [1.29, 1.82) is 0 Å². The lowest BCUT2D eigenvalue weighted by Gasteiger charge is -2.29. The first-order chi connectivity index (χ1) is 16.0. The van der Waals surface area contributed by atoms with Gasteiger partial charge in [-0.25, -0.2) is 0 Å². The average Bonchev–Trinajstić information content (AvgIpc) is 2.84. The van der Waals surface area contributed by atoms with E-state index < -0.39 is 6.11 Å². The second-order valence-electron chi connectivity index (χ2n) is 9.25. The van der Waals surface area contributed by atoms with Crippen molar-refractivity contribution >= 4 is 0 Å². The molecule has 1 aliphatic carbocycles. The molecule has 0 aliphatic heterocycles. The molecule has 1 saturated carbocycles. The minimum atomic E-state index is -3.27. The summed E-state index contributed by atoms with van der Waals surface area (Å²) in [4.78, 5) is 0. The van der Waals surface area contributed by atoms with Crippen molar-refractivity contribution in [1.82, 2.24) is 0 Å². The van der Waals surface area contributed by atoms with E-state index in [1.54, 1.807) is 12.1 Å². The van der Waals surface area contributed by atoms with Crippen LogP contribution in [0.3, 0.4) is 0 Å². The van der Waals surface area contributed by atoms with Crippen LogP contribution in [0, 0.1) is 5.92 Å². The van der Waals surface area contributed by atoms with Gasteiger partial charge in [-0.05, 0) is 93.2 Å². The zero-order valence-electron chi connectivity index (χ0n) is 19.9. The van der Waals surface area contributed by atoms with Crippen molar-refractivity contribution in [2.75, 3.05) is 6.61 Å². The van der Waals surface area contributed by atoms with Gasteiger partial charge in [-0.1, -0.05) is 66.8 Å². The Balaban J connectivity index is 1.46. The SMILES string of the molecule is C=CCCc1ccc(CCOC(F)(F)c2ccc([C@H]3CC[C@H](CC/C=C/C)CC3)cc2)cc1. The number of benzene rings is 2. The van der Waals surface area contributed by atoms with Crippen molar-refractivity contribution in [3.63, 3.8) is 0 Å². The van der Waals surface area contributed by atoms with Crippen molar-refractivity contribution in [2.45, 2.75) is 76.7 Å². The molecular weight excluding hydrogens is 414 g/mol. The molecule has 0 saturated heterocycles. The Morgan fingerprint density at radius 1 is 0.909 bits per heavy atom. The molecule has 0 heterocycles. The molecule has 2 aromatic carbocycles. The summed E-state index contributed by atoms with van der Waals surface area (Å²) in [6.45, 7) is 5.79. The van der Waals surface area contributed by atoms with Crippen LogP contribution in [-0.2, 0) is 23.7 Å². The highest BCUT2D eigenvalue weighted by molar-refractivity contribution is 5.28. The molecule has 0 amide bonds. The van der Waals surface area contributed by atoms with Crippen LogP contribution in [0.4, 0.5) is 8.78 Å². The maximum absolute atomic E-state index is 14.6. The summed E-state index contributed by atoms with van der Waals surface area (Å²) in [7, 11) is 0. The lowest BCUT2D eigenvalue weighted by molar-refractivity contribution is -0.248. The summed E-state index contributed by atoms with van der Waals surface area (Å²) in [6, 6.07) is 14.9. The van der Waals surface area contributed by atoms with E-state index in [2.05, 4.69) is 25.7 Å². The molecule has 178 valence electrons. The number of hydrogen-bond donors (Lipinski definition) is 0. The zero-order valence-corrected chi connectivity index (χ0v) is 19.9. The summed E-state index contributed by atoms with van der Waals surface area (Å²) < 4.78 is 34.2. The molecular formula is C30H38F2O. The van der Waals surface area contributed by atoms with Gasteiger partial charge >= 0.3 is 6.11 Å². The maximum atomic E-state index is 14.6. The minimum absolute atomic E-state index is 0.0159. The molecule has 33 heavy (non-hydrogen) atoms. The first-order valence-corrected chi connectivity index (χ1v) is 12.4. The Kier molecular flexibility index (Phi) is 9.87. The van der Waals surface area contributed by atoms with E-state index in [0.29, 0.717) is 12.3 Å². The summed E-state index contributed by atoms with van der Waals surface area (Å²) in [5.41, 5.74) is 3.35. The van der Waals surface area contributed by atoms with Crippen molar-refractivity contribution in [2.24, 2.45) is 5.92 Å². The third kappa shape index (κ3) is 7.92. The molecule has 2 aromatic rings. The van der Waals surface area contributed by atoms with Crippen molar-refractivity contribution in [3.8, 4) is 0 Å². The summed E-state index contributed by atoms with van der Waals surface area (Å²) in [6.07, 6.45) is 12.5. The fourth-order valence-corrected chi connectivity index (χ4v) is 4.75. The van der Waals surface area contributed by atoms with Gasteiger partial charge in [-0.15, -0.1) is 6.58 Å². The van der Waals surface area contributed by atoms with Gasteiger partial charge in [0.05, 0.1) is 12.2 Å². The van der Waals surface area contributed by atoms with E-state index in [-0.39, 0.29) is 12.2 Å². The van der Waals surface area contributed by atoms with Gasteiger partial charge in [-0.3, -0.25) is 0 Å². The molecule has 3 heteroatoms. The third-order valence-corrected chi connectivity index (χ3v) is 6.88. The van der Waals surface area contributed by atoms with Crippen LogP contribution >= 0.6 is 0 Å². The summed E-state index contributed by atoms with van der Waals surface area (Å²) >= 11 is 0. The summed E-state index contributed by atoms with van der Waals surface area (Å²) in [5.74, 6) is 1.29. The lowest BCUT2D eigenvalue weighted by Crippen LogP contribution is -2.20. The van der Waals surface area contributed by atoms with Crippen LogP contribution in [0.5, 0.6) is 0 Å². The third-order valence-electron chi connectivity index (χ3n) is 6.88. The number of halogens is 2. The molecule has 0 bridgehead atoms. The molecule has 0 N–H and O–H groups in total. The molecule has 0 radical (unpaired) electrons. The number of rotatable bonds is 12. The second-order valence-corrected chi connectivity index (χ2v) is 9.25. The monoisotopic (exact) mass is 452 g/mol. The van der Waals surface area contributed by atoms with Gasteiger partial charge in [0.15, 0.2) is 0 Å². The Morgan fingerprint density at radius 2 is 1.55 bits per heavy atom. The van der Waals surface area contributed by atoms with E-state index >= 15 is 0 Å². The first kappa shape index (κ1) is 25.4. The Bertz CT molecular complexity index is 859. The van der Waals surface area contributed by atoms with Crippen LogP contribution in [0.15, 0.2) is 73.3 Å². The van der Waals surface area contributed by atoms with Gasteiger partial charge in [-0.2, -0.15) is 8.78 Å². The Morgan fingerprint density at radius 3 is 2.15 bits per heavy atom. The van der Waals surface area contributed by atoms with Gasteiger partial charge < -0.3 is 4.74 Å². The molecule has 1 fully saturated rings. The molecule has 3 rings (SSSR count).